The lowest BCUT2D eigenvalue weighted by molar-refractivity contribution is -0.117. The Balaban J connectivity index is 1.38. The maximum Gasteiger partial charge on any atom is 0.251 e. The van der Waals surface area contributed by atoms with Gasteiger partial charge in [0, 0.05) is 24.2 Å². The first-order chi connectivity index (χ1) is 14.6. The highest BCUT2D eigenvalue weighted by Crippen LogP contribution is 2.25. The molecule has 5 nitrogen and oxygen atoms in total. The molecule has 0 aliphatic carbocycles. The Bertz CT molecular complexity index is 1010. The van der Waals surface area contributed by atoms with Gasteiger partial charge >= 0.3 is 0 Å². The summed E-state index contributed by atoms with van der Waals surface area (Å²) in [5, 5.41) is 2.99. The third kappa shape index (κ3) is 4.35. The summed E-state index contributed by atoms with van der Waals surface area (Å²) >= 11 is 0. The van der Waals surface area contributed by atoms with E-state index in [-0.39, 0.29) is 17.9 Å². The van der Waals surface area contributed by atoms with Crippen LogP contribution in [0.25, 0.3) is 11.1 Å². The number of nitrogens with zero attached hydrogens (tertiary/aromatic N) is 1. The molecule has 2 amide bonds. The Morgan fingerprint density at radius 1 is 0.967 bits per heavy atom. The number of carbonyl (C=O) groups is 2. The van der Waals surface area contributed by atoms with Crippen LogP contribution >= 0.6 is 0 Å². The summed E-state index contributed by atoms with van der Waals surface area (Å²) in [6.07, 6.45) is 0.293. The molecule has 5 heteroatoms. The van der Waals surface area contributed by atoms with E-state index in [0.717, 1.165) is 22.6 Å². The fraction of sp³-hybridized carbons (Fsp3) is 0.200. The fourth-order valence-electron chi connectivity index (χ4n) is 3.66. The number of amides is 2. The minimum atomic E-state index is -0.217. The van der Waals surface area contributed by atoms with Gasteiger partial charge in [-0.25, -0.2) is 0 Å². The van der Waals surface area contributed by atoms with E-state index < -0.39 is 0 Å². The molecule has 152 valence electrons. The Morgan fingerprint density at radius 2 is 1.63 bits per heavy atom. The maximum atomic E-state index is 12.7. The van der Waals surface area contributed by atoms with Gasteiger partial charge in [-0.3, -0.25) is 9.59 Å². The summed E-state index contributed by atoms with van der Waals surface area (Å²) in [5.74, 6) is 0.613. The van der Waals surface area contributed by atoms with Crippen molar-refractivity contribution in [3.05, 3.63) is 84.4 Å². The van der Waals surface area contributed by atoms with Gasteiger partial charge in [-0.15, -0.1) is 0 Å². The summed E-state index contributed by atoms with van der Waals surface area (Å²) in [6, 6.07) is 24.8. The molecule has 1 N–H and O–H groups in total. The summed E-state index contributed by atoms with van der Waals surface area (Å²) in [6.45, 7) is 2.99. The van der Waals surface area contributed by atoms with Crippen molar-refractivity contribution in [1.29, 1.82) is 0 Å². The van der Waals surface area contributed by atoms with Crippen molar-refractivity contribution in [3.63, 3.8) is 0 Å². The van der Waals surface area contributed by atoms with Crippen LogP contribution in [0.1, 0.15) is 23.7 Å². The van der Waals surface area contributed by atoms with Crippen LogP contribution in [0.4, 0.5) is 5.69 Å². The quantitative estimate of drug-likeness (QED) is 0.672. The van der Waals surface area contributed by atoms with Crippen molar-refractivity contribution in [2.24, 2.45) is 0 Å². The van der Waals surface area contributed by atoms with Gasteiger partial charge in [0.15, 0.2) is 0 Å². The second-order valence-corrected chi connectivity index (χ2v) is 7.25. The molecule has 0 radical (unpaired) electrons. The number of hydrogen-bond acceptors (Lipinski definition) is 3. The van der Waals surface area contributed by atoms with Crippen LogP contribution in [-0.2, 0) is 4.79 Å². The molecule has 1 aliphatic rings. The minimum absolute atomic E-state index is 0.00360. The number of carbonyl (C=O) groups excluding carboxylic acids is 2. The molecular weight excluding hydrogens is 376 g/mol. The fourth-order valence-corrected chi connectivity index (χ4v) is 3.66. The largest absolute Gasteiger partial charge is 0.494 e. The molecule has 1 saturated heterocycles. The van der Waals surface area contributed by atoms with Gasteiger partial charge in [-0.05, 0) is 54.4 Å². The standard InChI is InChI=1S/C25H24N2O3/c1-2-30-23-14-12-22(13-15-23)27-17-21(16-24(27)28)26-25(29)20-10-8-19(9-11-20)18-6-4-3-5-7-18/h3-15,21H,2,16-17H2,1H3,(H,26,29)/t21-/m1/s1. The summed E-state index contributed by atoms with van der Waals surface area (Å²) in [5.41, 5.74) is 3.57. The van der Waals surface area contributed by atoms with Gasteiger partial charge in [-0.2, -0.15) is 0 Å². The summed E-state index contributed by atoms with van der Waals surface area (Å²) in [4.78, 5) is 26.8. The van der Waals surface area contributed by atoms with Crippen molar-refractivity contribution >= 4 is 17.5 Å². The number of hydrogen-bond donors (Lipinski definition) is 1. The Hall–Kier alpha value is -3.60. The second-order valence-electron chi connectivity index (χ2n) is 7.25. The molecule has 1 fully saturated rings. The average Bonchev–Trinajstić information content (AvgIpc) is 3.15. The lowest BCUT2D eigenvalue weighted by Crippen LogP contribution is -2.37. The van der Waals surface area contributed by atoms with E-state index in [9.17, 15) is 9.59 Å². The van der Waals surface area contributed by atoms with E-state index in [1.54, 1.807) is 4.90 Å². The zero-order valence-corrected chi connectivity index (χ0v) is 16.9. The van der Waals surface area contributed by atoms with Crippen molar-refractivity contribution < 1.29 is 14.3 Å². The Kier molecular flexibility index (Phi) is 5.80. The smallest absolute Gasteiger partial charge is 0.251 e. The lowest BCUT2D eigenvalue weighted by atomic mass is 10.0. The third-order valence-electron chi connectivity index (χ3n) is 5.17. The SMILES string of the molecule is CCOc1ccc(N2C[C@H](NC(=O)c3ccc(-c4ccccc4)cc3)CC2=O)cc1. The van der Waals surface area contributed by atoms with Gasteiger partial charge in [-0.1, -0.05) is 42.5 Å². The van der Waals surface area contributed by atoms with Crippen LogP contribution in [0.3, 0.4) is 0 Å². The molecule has 0 saturated carbocycles. The first-order valence-corrected chi connectivity index (χ1v) is 10.1. The van der Waals surface area contributed by atoms with E-state index in [1.807, 2.05) is 85.8 Å². The first-order valence-electron chi connectivity index (χ1n) is 10.1. The summed E-state index contributed by atoms with van der Waals surface area (Å²) in [7, 11) is 0. The maximum absolute atomic E-state index is 12.7. The van der Waals surface area contributed by atoms with Crippen molar-refractivity contribution in [3.8, 4) is 16.9 Å². The van der Waals surface area contributed by atoms with Crippen molar-refractivity contribution in [2.75, 3.05) is 18.1 Å². The van der Waals surface area contributed by atoms with Crippen molar-refractivity contribution in [2.45, 2.75) is 19.4 Å². The molecule has 0 bridgehead atoms. The Labute approximate surface area is 176 Å². The summed E-state index contributed by atoms with van der Waals surface area (Å²) < 4.78 is 5.45. The molecule has 3 aromatic carbocycles. The zero-order chi connectivity index (χ0) is 20.9. The molecule has 0 spiro atoms. The third-order valence-corrected chi connectivity index (χ3v) is 5.17. The molecule has 1 atom stereocenters. The van der Waals surface area contributed by atoms with Crippen LogP contribution in [0, 0.1) is 0 Å². The van der Waals surface area contributed by atoms with E-state index in [1.165, 1.54) is 0 Å². The van der Waals surface area contributed by atoms with Gasteiger partial charge in [0.25, 0.3) is 5.91 Å². The van der Waals surface area contributed by atoms with E-state index in [2.05, 4.69) is 5.32 Å². The predicted molar refractivity (Wildman–Crippen MR) is 118 cm³/mol. The molecular formula is C25H24N2O3. The van der Waals surface area contributed by atoms with E-state index >= 15 is 0 Å². The van der Waals surface area contributed by atoms with Gasteiger partial charge in [0.2, 0.25) is 5.91 Å². The number of benzene rings is 3. The number of anilines is 1. The van der Waals surface area contributed by atoms with Crippen LogP contribution in [0.5, 0.6) is 5.75 Å². The lowest BCUT2D eigenvalue weighted by Gasteiger charge is -2.18. The zero-order valence-electron chi connectivity index (χ0n) is 16.9. The number of nitrogens with one attached hydrogen (secondary N) is 1. The van der Waals surface area contributed by atoms with Crippen LogP contribution < -0.4 is 15.0 Å². The van der Waals surface area contributed by atoms with Crippen LogP contribution in [0.2, 0.25) is 0 Å². The van der Waals surface area contributed by atoms with Gasteiger partial charge in [0.05, 0.1) is 12.6 Å². The minimum Gasteiger partial charge on any atom is -0.494 e. The highest BCUT2D eigenvalue weighted by Gasteiger charge is 2.31. The first kappa shape index (κ1) is 19.7. The average molecular weight is 400 g/mol. The normalized spacial score (nSPS) is 15.8. The molecule has 30 heavy (non-hydrogen) atoms. The topological polar surface area (TPSA) is 58.6 Å². The monoisotopic (exact) mass is 400 g/mol. The Morgan fingerprint density at radius 3 is 2.30 bits per heavy atom. The van der Waals surface area contributed by atoms with E-state index in [4.69, 9.17) is 4.74 Å². The van der Waals surface area contributed by atoms with E-state index in [0.29, 0.717) is 25.1 Å². The van der Waals surface area contributed by atoms with Crippen LogP contribution in [-0.4, -0.2) is 31.0 Å². The van der Waals surface area contributed by atoms with Crippen molar-refractivity contribution in [1.82, 2.24) is 5.32 Å². The molecule has 0 unspecified atom stereocenters. The second kappa shape index (κ2) is 8.82. The molecule has 1 aliphatic heterocycles. The predicted octanol–water partition coefficient (Wildman–Crippen LogP) is 4.29. The van der Waals surface area contributed by atoms with Gasteiger partial charge < -0.3 is 15.0 Å². The number of ether oxygens (including phenoxy) is 1. The van der Waals surface area contributed by atoms with Gasteiger partial charge in [0.1, 0.15) is 5.75 Å². The highest BCUT2D eigenvalue weighted by molar-refractivity contribution is 5.99. The molecule has 1 heterocycles. The molecule has 4 rings (SSSR count). The molecule has 3 aromatic rings. The molecule has 0 aromatic heterocycles. The van der Waals surface area contributed by atoms with Crippen LogP contribution in [0.15, 0.2) is 78.9 Å². The number of rotatable bonds is 6. The highest BCUT2D eigenvalue weighted by atomic mass is 16.5.